The van der Waals surface area contributed by atoms with E-state index in [1.54, 1.807) is 6.21 Å². The number of rotatable bonds is 5. The summed E-state index contributed by atoms with van der Waals surface area (Å²) in [6.45, 7) is 6.89. The standard InChI is InChI=1S/C16H19N2OSi/c1-13-8-9-15(18-10-13)12-17-11-14-6-4-5-7-16(14)19-20(2)3/h4-10,12H,11H2,1-3H3. The van der Waals surface area contributed by atoms with Gasteiger partial charge in [0.25, 0.3) is 9.04 Å². The van der Waals surface area contributed by atoms with Gasteiger partial charge in [0.05, 0.1) is 12.2 Å². The van der Waals surface area contributed by atoms with Gasteiger partial charge < -0.3 is 4.43 Å². The monoisotopic (exact) mass is 283 g/mol. The largest absolute Gasteiger partial charge is 0.542 e. The molecule has 1 heterocycles. The Morgan fingerprint density at radius 3 is 2.70 bits per heavy atom. The van der Waals surface area contributed by atoms with Gasteiger partial charge in [0.15, 0.2) is 0 Å². The number of nitrogens with zero attached hydrogens (tertiary/aromatic N) is 2. The van der Waals surface area contributed by atoms with E-state index in [0.29, 0.717) is 6.54 Å². The van der Waals surface area contributed by atoms with Gasteiger partial charge in [-0.2, -0.15) is 0 Å². The third-order valence-corrected chi connectivity index (χ3v) is 3.33. The zero-order valence-corrected chi connectivity index (χ0v) is 13.1. The van der Waals surface area contributed by atoms with Gasteiger partial charge in [0, 0.05) is 18.0 Å². The molecule has 0 saturated carbocycles. The molecule has 0 fully saturated rings. The van der Waals surface area contributed by atoms with Gasteiger partial charge in [0.1, 0.15) is 5.75 Å². The fourth-order valence-corrected chi connectivity index (χ4v) is 2.39. The number of hydrogen-bond donors (Lipinski definition) is 0. The molecule has 3 nitrogen and oxygen atoms in total. The third-order valence-electron chi connectivity index (χ3n) is 2.71. The first kappa shape index (κ1) is 14.5. The first-order valence-electron chi connectivity index (χ1n) is 6.63. The zero-order chi connectivity index (χ0) is 14.4. The Morgan fingerprint density at radius 2 is 2.00 bits per heavy atom. The number of benzene rings is 1. The summed E-state index contributed by atoms with van der Waals surface area (Å²) in [7, 11) is -0.754. The molecule has 103 valence electrons. The maximum absolute atomic E-state index is 5.88. The molecule has 1 radical (unpaired) electrons. The highest BCUT2D eigenvalue weighted by atomic mass is 28.3. The van der Waals surface area contributed by atoms with E-state index < -0.39 is 9.04 Å². The average Bonchev–Trinajstić information content (AvgIpc) is 2.42. The molecule has 0 amide bonds. The third kappa shape index (κ3) is 4.31. The average molecular weight is 283 g/mol. The van der Waals surface area contributed by atoms with Crippen molar-refractivity contribution in [3.05, 3.63) is 59.4 Å². The summed E-state index contributed by atoms with van der Waals surface area (Å²) < 4.78 is 5.88. The predicted molar refractivity (Wildman–Crippen MR) is 84.8 cm³/mol. The highest BCUT2D eigenvalue weighted by Gasteiger charge is 2.05. The van der Waals surface area contributed by atoms with Crippen molar-refractivity contribution < 1.29 is 4.43 Å². The molecule has 0 N–H and O–H groups in total. The number of pyridine rings is 1. The lowest BCUT2D eigenvalue weighted by Crippen LogP contribution is -2.12. The van der Waals surface area contributed by atoms with E-state index in [4.69, 9.17) is 4.43 Å². The van der Waals surface area contributed by atoms with Crippen molar-refractivity contribution >= 4 is 15.3 Å². The molecule has 0 aliphatic heterocycles. The molecule has 1 aromatic carbocycles. The van der Waals surface area contributed by atoms with E-state index in [1.165, 1.54) is 0 Å². The Hall–Kier alpha value is -1.94. The Morgan fingerprint density at radius 1 is 1.20 bits per heavy atom. The fourth-order valence-electron chi connectivity index (χ4n) is 1.75. The van der Waals surface area contributed by atoms with E-state index in [0.717, 1.165) is 22.6 Å². The van der Waals surface area contributed by atoms with E-state index in [9.17, 15) is 0 Å². The minimum atomic E-state index is -0.754. The lowest BCUT2D eigenvalue weighted by molar-refractivity contribution is 0.572. The van der Waals surface area contributed by atoms with Crippen LogP contribution < -0.4 is 4.43 Å². The smallest absolute Gasteiger partial charge is 0.274 e. The van der Waals surface area contributed by atoms with Gasteiger partial charge in [0.2, 0.25) is 0 Å². The van der Waals surface area contributed by atoms with Crippen molar-refractivity contribution in [2.75, 3.05) is 0 Å². The predicted octanol–water partition coefficient (Wildman–Crippen LogP) is 3.64. The Labute approximate surface area is 122 Å². The molecule has 0 aliphatic rings. The quantitative estimate of drug-likeness (QED) is 0.620. The van der Waals surface area contributed by atoms with Crippen LogP contribution in [0.4, 0.5) is 0 Å². The summed E-state index contributed by atoms with van der Waals surface area (Å²) >= 11 is 0. The number of aromatic nitrogens is 1. The van der Waals surface area contributed by atoms with E-state index in [2.05, 4.69) is 29.1 Å². The summed E-state index contributed by atoms with van der Waals surface area (Å²) in [5.74, 6) is 0.945. The van der Waals surface area contributed by atoms with Gasteiger partial charge in [-0.05, 0) is 37.7 Å². The van der Waals surface area contributed by atoms with Crippen molar-refractivity contribution in [2.45, 2.75) is 26.6 Å². The molecular formula is C16H19N2OSi. The van der Waals surface area contributed by atoms with Crippen LogP contribution in [0.5, 0.6) is 5.75 Å². The highest BCUT2D eigenvalue weighted by Crippen LogP contribution is 2.19. The molecule has 4 heteroatoms. The van der Waals surface area contributed by atoms with Crippen molar-refractivity contribution in [1.82, 2.24) is 4.98 Å². The van der Waals surface area contributed by atoms with Crippen LogP contribution in [0.25, 0.3) is 0 Å². The van der Waals surface area contributed by atoms with Crippen LogP contribution in [0, 0.1) is 6.92 Å². The van der Waals surface area contributed by atoms with Crippen LogP contribution in [0.1, 0.15) is 16.8 Å². The second-order valence-electron chi connectivity index (χ2n) is 4.85. The fraction of sp³-hybridized carbons (Fsp3) is 0.250. The lowest BCUT2D eigenvalue weighted by Gasteiger charge is -2.11. The van der Waals surface area contributed by atoms with Crippen molar-refractivity contribution in [2.24, 2.45) is 4.99 Å². The van der Waals surface area contributed by atoms with Crippen LogP contribution >= 0.6 is 0 Å². The second kappa shape index (κ2) is 7.00. The summed E-state index contributed by atoms with van der Waals surface area (Å²) in [4.78, 5) is 8.76. The first-order valence-corrected chi connectivity index (χ1v) is 9.04. The Bertz CT molecular complexity index is 579. The number of aliphatic imine (C=N–C) groups is 1. The van der Waals surface area contributed by atoms with Crippen molar-refractivity contribution in [3.63, 3.8) is 0 Å². The van der Waals surface area contributed by atoms with E-state index in [1.807, 2.05) is 43.5 Å². The van der Waals surface area contributed by atoms with Crippen molar-refractivity contribution in [1.29, 1.82) is 0 Å². The number of aryl methyl sites for hydroxylation is 1. The van der Waals surface area contributed by atoms with Crippen LogP contribution in [-0.4, -0.2) is 20.2 Å². The van der Waals surface area contributed by atoms with Crippen LogP contribution in [0.15, 0.2) is 47.6 Å². The molecule has 1 aromatic heterocycles. The highest BCUT2D eigenvalue weighted by molar-refractivity contribution is 6.49. The van der Waals surface area contributed by atoms with Crippen molar-refractivity contribution in [3.8, 4) is 5.75 Å². The normalized spacial score (nSPS) is 11.2. The molecule has 0 unspecified atom stereocenters. The summed E-state index contributed by atoms with van der Waals surface area (Å²) in [5, 5.41) is 0. The Balaban J connectivity index is 2.05. The van der Waals surface area contributed by atoms with Crippen LogP contribution in [0.2, 0.25) is 13.1 Å². The molecule has 0 saturated heterocycles. The Kier molecular flexibility index (Phi) is 5.07. The van der Waals surface area contributed by atoms with Gasteiger partial charge >= 0.3 is 0 Å². The van der Waals surface area contributed by atoms with Gasteiger partial charge in [-0.3, -0.25) is 9.98 Å². The summed E-state index contributed by atoms with van der Waals surface area (Å²) in [6.07, 6.45) is 3.65. The molecule has 2 aromatic rings. The molecule has 0 atom stereocenters. The molecule has 0 spiro atoms. The molecule has 0 bridgehead atoms. The topological polar surface area (TPSA) is 34.5 Å². The van der Waals surface area contributed by atoms with Gasteiger partial charge in [-0.15, -0.1) is 0 Å². The first-order chi connectivity index (χ1) is 9.65. The second-order valence-corrected chi connectivity index (χ2v) is 6.87. The number of hydrogen-bond acceptors (Lipinski definition) is 3. The summed E-state index contributed by atoms with van der Waals surface area (Å²) in [6, 6.07) is 12.1. The number of para-hydroxylation sites is 1. The van der Waals surface area contributed by atoms with Crippen LogP contribution in [-0.2, 0) is 6.54 Å². The SMILES string of the molecule is Cc1ccc(C=NCc2ccccc2O[Si](C)C)nc1. The van der Waals surface area contributed by atoms with Crippen LogP contribution in [0.3, 0.4) is 0 Å². The minimum absolute atomic E-state index is 0.612. The molecule has 20 heavy (non-hydrogen) atoms. The lowest BCUT2D eigenvalue weighted by atomic mass is 10.2. The molecule has 2 rings (SSSR count). The maximum atomic E-state index is 5.88. The summed E-state index contributed by atoms with van der Waals surface area (Å²) in [5.41, 5.74) is 3.15. The zero-order valence-electron chi connectivity index (χ0n) is 12.1. The van der Waals surface area contributed by atoms with E-state index in [-0.39, 0.29) is 0 Å². The maximum Gasteiger partial charge on any atom is 0.274 e. The van der Waals surface area contributed by atoms with Gasteiger partial charge in [-0.1, -0.05) is 24.3 Å². The van der Waals surface area contributed by atoms with E-state index >= 15 is 0 Å². The molecule has 0 aliphatic carbocycles. The van der Waals surface area contributed by atoms with Gasteiger partial charge in [-0.25, -0.2) is 0 Å². The minimum Gasteiger partial charge on any atom is -0.542 e. The molecular weight excluding hydrogens is 264 g/mol.